The smallest absolute Gasteiger partial charge is 0.346 e. The van der Waals surface area contributed by atoms with Gasteiger partial charge in [0.2, 0.25) is 0 Å². The standard InChI is InChI=1S/C34H44N2O5/c1-6-8-9-10-11-12-22-39-29-18-14-26(15-19-29)31-35-23-28(24-36-31)32(37)40-30-20-16-27(17-21-30)33(38)41-34(4,5)25(3)13-7-2/h14-21,23-25H,6-13,22H2,1-5H3. The molecular formula is C34H44N2O5. The highest BCUT2D eigenvalue weighted by Gasteiger charge is 2.30. The fourth-order valence-corrected chi connectivity index (χ4v) is 4.36. The molecule has 220 valence electrons. The highest BCUT2D eigenvalue weighted by atomic mass is 16.6. The van der Waals surface area contributed by atoms with Crippen molar-refractivity contribution in [2.45, 2.75) is 91.6 Å². The number of nitrogens with zero attached hydrogens (tertiary/aromatic N) is 2. The van der Waals surface area contributed by atoms with Gasteiger partial charge < -0.3 is 14.2 Å². The lowest BCUT2D eigenvalue weighted by atomic mass is 9.89. The Hall–Kier alpha value is -3.74. The molecule has 41 heavy (non-hydrogen) atoms. The molecule has 7 nitrogen and oxygen atoms in total. The van der Waals surface area contributed by atoms with Crippen LogP contribution >= 0.6 is 0 Å². The molecule has 0 saturated carbocycles. The first-order valence-corrected chi connectivity index (χ1v) is 14.8. The second kappa shape index (κ2) is 15.9. The molecule has 0 radical (unpaired) electrons. The van der Waals surface area contributed by atoms with E-state index in [1.54, 1.807) is 24.3 Å². The van der Waals surface area contributed by atoms with E-state index in [-0.39, 0.29) is 11.5 Å². The van der Waals surface area contributed by atoms with Gasteiger partial charge in [-0.15, -0.1) is 0 Å². The molecule has 0 aliphatic heterocycles. The van der Waals surface area contributed by atoms with Crippen LogP contribution in [0.25, 0.3) is 11.4 Å². The van der Waals surface area contributed by atoms with Gasteiger partial charge in [-0.05, 0) is 81.1 Å². The van der Waals surface area contributed by atoms with Gasteiger partial charge in [-0.1, -0.05) is 59.3 Å². The molecule has 1 atom stereocenters. The average Bonchev–Trinajstić information content (AvgIpc) is 2.97. The molecular weight excluding hydrogens is 516 g/mol. The van der Waals surface area contributed by atoms with Crippen LogP contribution in [0.5, 0.6) is 11.5 Å². The summed E-state index contributed by atoms with van der Waals surface area (Å²) in [5.74, 6) is 0.876. The third-order valence-electron chi connectivity index (χ3n) is 7.33. The lowest BCUT2D eigenvalue weighted by Crippen LogP contribution is -2.35. The predicted molar refractivity (Wildman–Crippen MR) is 161 cm³/mol. The normalized spacial score (nSPS) is 12.0. The molecule has 0 bridgehead atoms. The Labute approximate surface area is 244 Å². The Morgan fingerprint density at radius 2 is 1.37 bits per heavy atom. The topological polar surface area (TPSA) is 87.6 Å². The van der Waals surface area contributed by atoms with E-state index in [1.807, 2.05) is 38.1 Å². The largest absolute Gasteiger partial charge is 0.494 e. The average molecular weight is 561 g/mol. The minimum atomic E-state index is -0.583. The maximum absolute atomic E-state index is 12.6. The number of unbranched alkanes of at least 4 members (excludes halogenated alkanes) is 5. The number of carbonyl (C=O) groups excluding carboxylic acids is 2. The monoisotopic (exact) mass is 560 g/mol. The second-order valence-electron chi connectivity index (χ2n) is 11.0. The molecule has 0 aliphatic carbocycles. The predicted octanol–water partition coefficient (Wildman–Crippen LogP) is 8.47. The van der Waals surface area contributed by atoms with E-state index in [0.29, 0.717) is 23.7 Å². The Bertz CT molecular complexity index is 1220. The number of hydrogen-bond donors (Lipinski definition) is 0. The van der Waals surface area contributed by atoms with E-state index in [2.05, 4.69) is 30.7 Å². The summed E-state index contributed by atoms with van der Waals surface area (Å²) in [6, 6.07) is 13.9. The van der Waals surface area contributed by atoms with Crippen LogP contribution in [0.2, 0.25) is 0 Å². The van der Waals surface area contributed by atoms with Gasteiger partial charge >= 0.3 is 11.9 Å². The quantitative estimate of drug-likeness (QED) is 0.0986. The molecule has 7 heteroatoms. The third kappa shape index (κ3) is 9.99. The van der Waals surface area contributed by atoms with E-state index in [0.717, 1.165) is 30.6 Å². The van der Waals surface area contributed by atoms with Gasteiger partial charge in [0, 0.05) is 18.0 Å². The van der Waals surface area contributed by atoms with Gasteiger partial charge in [0.1, 0.15) is 17.1 Å². The van der Waals surface area contributed by atoms with Crippen molar-refractivity contribution in [3.63, 3.8) is 0 Å². The molecule has 1 unspecified atom stereocenters. The van der Waals surface area contributed by atoms with E-state index in [9.17, 15) is 9.59 Å². The van der Waals surface area contributed by atoms with Gasteiger partial charge in [-0.25, -0.2) is 19.6 Å². The highest BCUT2D eigenvalue weighted by molar-refractivity contribution is 5.91. The maximum atomic E-state index is 12.6. The first-order valence-electron chi connectivity index (χ1n) is 14.8. The number of hydrogen-bond acceptors (Lipinski definition) is 7. The van der Waals surface area contributed by atoms with Crippen molar-refractivity contribution in [3.8, 4) is 22.9 Å². The van der Waals surface area contributed by atoms with Crippen LogP contribution in [0.15, 0.2) is 60.9 Å². The fourth-order valence-electron chi connectivity index (χ4n) is 4.36. The van der Waals surface area contributed by atoms with E-state index in [4.69, 9.17) is 14.2 Å². The van der Waals surface area contributed by atoms with Crippen LogP contribution in [0.3, 0.4) is 0 Å². The van der Waals surface area contributed by atoms with E-state index >= 15 is 0 Å². The molecule has 3 aromatic rings. The highest BCUT2D eigenvalue weighted by Crippen LogP contribution is 2.27. The molecule has 2 aromatic carbocycles. The Morgan fingerprint density at radius 3 is 2.00 bits per heavy atom. The summed E-state index contributed by atoms with van der Waals surface area (Å²) in [7, 11) is 0. The minimum Gasteiger partial charge on any atom is -0.494 e. The van der Waals surface area contributed by atoms with Gasteiger partial charge in [-0.2, -0.15) is 0 Å². The summed E-state index contributed by atoms with van der Waals surface area (Å²) in [4.78, 5) is 33.9. The van der Waals surface area contributed by atoms with Crippen LogP contribution in [-0.4, -0.2) is 34.1 Å². The van der Waals surface area contributed by atoms with Crippen molar-refractivity contribution in [2.24, 2.45) is 5.92 Å². The van der Waals surface area contributed by atoms with Gasteiger partial charge in [0.15, 0.2) is 5.82 Å². The zero-order valence-corrected chi connectivity index (χ0v) is 25.2. The Morgan fingerprint density at radius 1 is 0.756 bits per heavy atom. The third-order valence-corrected chi connectivity index (χ3v) is 7.33. The van der Waals surface area contributed by atoms with E-state index < -0.39 is 17.5 Å². The summed E-state index contributed by atoms with van der Waals surface area (Å²) in [5, 5.41) is 0. The lowest BCUT2D eigenvalue weighted by Gasteiger charge is -2.31. The summed E-state index contributed by atoms with van der Waals surface area (Å²) >= 11 is 0. The van der Waals surface area contributed by atoms with Crippen molar-refractivity contribution < 1.29 is 23.8 Å². The van der Waals surface area contributed by atoms with Crippen LogP contribution < -0.4 is 9.47 Å². The number of ether oxygens (including phenoxy) is 3. The summed E-state index contributed by atoms with van der Waals surface area (Å²) < 4.78 is 17.0. The van der Waals surface area contributed by atoms with Crippen molar-refractivity contribution in [1.82, 2.24) is 9.97 Å². The summed E-state index contributed by atoms with van der Waals surface area (Å²) in [6.07, 6.45) is 12.2. The van der Waals surface area contributed by atoms with Crippen LogP contribution in [0.4, 0.5) is 0 Å². The minimum absolute atomic E-state index is 0.225. The van der Waals surface area contributed by atoms with Gasteiger partial charge in [0.25, 0.3) is 0 Å². The molecule has 1 aromatic heterocycles. The first kappa shape index (κ1) is 31.8. The van der Waals surface area contributed by atoms with Crippen molar-refractivity contribution in [1.29, 1.82) is 0 Å². The van der Waals surface area contributed by atoms with Crippen molar-refractivity contribution >= 4 is 11.9 Å². The number of rotatable bonds is 16. The maximum Gasteiger partial charge on any atom is 0.346 e. The van der Waals surface area contributed by atoms with Crippen LogP contribution in [0.1, 0.15) is 107 Å². The SMILES string of the molecule is CCCCCCCCOc1ccc(-c2ncc(C(=O)Oc3ccc(C(=O)OC(C)(C)C(C)CCC)cc3)cn2)cc1. The molecule has 1 heterocycles. The van der Waals surface area contributed by atoms with Crippen LogP contribution in [0, 0.1) is 5.92 Å². The number of benzene rings is 2. The second-order valence-corrected chi connectivity index (χ2v) is 11.0. The summed E-state index contributed by atoms with van der Waals surface area (Å²) in [6.45, 7) is 11.0. The molecule has 0 N–H and O–H groups in total. The molecule has 0 spiro atoms. The van der Waals surface area contributed by atoms with E-state index in [1.165, 1.54) is 44.5 Å². The van der Waals surface area contributed by atoms with Crippen molar-refractivity contribution in [3.05, 3.63) is 72.1 Å². The molecule has 0 saturated heterocycles. The van der Waals surface area contributed by atoms with Gasteiger partial charge in [0.05, 0.1) is 17.7 Å². The van der Waals surface area contributed by atoms with Gasteiger partial charge in [-0.3, -0.25) is 0 Å². The zero-order valence-electron chi connectivity index (χ0n) is 25.2. The lowest BCUT2D eigenvalue weighted by molar-refractivity contribution is -0.0279. The number of carbonyl (C=O) groups is 2. The number of esters is 2. The molecule has 0 amide bonds. The molecule has 3 rings (SSSR count). The number of aromatic nitrogens is 2. The fraction of sp³-hybridized carbons (Fsp3) is 0.471. The summed E-state index contributed by atoms with van der Waals surface area (Å²) in [5.41, 5.74) is 0.871. The zero-order chi connectivity index (χ0) is 29.7. The van der Waals surface area contributed by atoms with Crippen LogP contribution in [-0.2, 0) is 4.74 Å². The van der Waals surface area contributed by atoms with Crippen molar-refractivity contribution in [2.75, 3.05) is 6.61 Å². The first-order chi connectivity index (χ1) is 19.7. The Kier molecular flexibility index (Phi) is 12.3. The molecule has 0 aliphatic rings. The Balaban J connectivity index is 1.49. The molecule has 0 fully saturated rings.